The summed E-state index contributed by atoms with van der Waals surface area (Å²) in [5.74, 6) is -1.87. The van der Waals surface area contributed by atoms with Crippen LogP contribution in [0.3, 0.4) is 0 Å². The van der Waals surface area contributed by atoms with Gasteiger partial charge in [-0.3, -0.25) is 9.69 Å². The van der Waals surface area contributed by atoms with Crippen LogP contribution in [0, 0.1) is 12.8 Å². The first-order valence-electron chi connectivity index (χ1n) is 16.6. The number of carboxylic acid groups (broad SMARTS) is 1. The molecular weight excluding hydrogens is 608 g/mol. The molecule has 6 atom stereocenters. The summed E-state index contributed by atoms with van der Waals surface area (Å²) in [6.07, 6.45) is -0.662. The number of ether oxygens (including phenoxy) is 3. The molecule has 47 heavy (non-hydrogen) atoms. The van der Waals surface area contributed by atoms with Crippen molar-refractivity contribution in [3.63, 3.8) is 0 Å². The van der Waals surface area contributed by atoms with Crippen LogP contribution in [0.25, 0.3) is 10.9 Å². The van der Waals surface area contributed by atoms with Crippen molar-refractivity contribution in [3.05, 3.63) is 35.5 Å². The second kappa shape index (κ2) is 13.7. The lowest BCUT2D eigenvalue weighted by Gasteiger charge is -2.48. The van der Waals surface area contributed by atoms with Crippen LogP contribution in [-0.4, -0.2) is 129 Å². The summed E-state index contributed by atoms with van der Waals surface area (Å²) in [6, 6.07) is 5.38. The van der Waals surface area contributed by atoms with Gasteiger partial charge < -0.3 is 44.7 Å². The third kappa shape index (κ3) is 7.44. The van der Waals surface area contributed by atoms with E-state index in [0.717, 1.165) is 16.5 Å². The molecule has 0 radical (unpaired) electrons. The summed E-state index contributed by atoms with van der Waals surface area (Å²) in [6.45, 7) is 11.8. The van der Waals surface area contributed by atoms with Crippen LogP contribution in [0.15, 0.2) is 24.4 Å². The van der Waals surface area contributed by atoms with E-state index in [0.29, 0.717) is 64.2 Å². The zero-order valence-corrected chi connectivity index (χ0v) is 28.1. The van der Waals surface area contributed by atoms with Crippen LogP contribution < -0.4 is 5.32 Å². The molecule has 4 heterocycles. The molecule has 3 fully saturated rings. The molecule has 5 rings (SSSR count). The Balaban J connectivity index is 1.22. The average Bonchev–Trinajstić information content (AvgIpc) is 3.67. The number of nitrogens with one attached hydrogen (secondary N) is 2. The molecule has 1 aromatic carbocycles. The quantitative estimate of drug-likeness (QED) is 0.270. The van der Waals surface area contributed by atoms with E-state index in [2.05, 4.69) is 15.2 Å². The third-order valence-corrected chi connectivity index (χ3v) is 10.1. The highest BCUT2D eigenvalue weighted by Crippen LogP contribution is 2.40. The Morgan fingerprint density at radius 3 is 2.68 bits per heavy atom. The topological polar surface area (TPSA) is 174 Å². The van der Waals surface area contributed by atoms with Gasteiger partial charge in [-0.1, -0.05) is 6.92 Å². The zero-order valence-electron chi connectivity index (χ0n) is 28.1. The number of amides is 2. The highest BCUT2D eigenvalue weighted by Gasteiger charge is 2.53. The van der Waals surface area contributed by atoms with E-state index in [1.165, 1.54) is 0 Å². The lowest BCUT2D eigenvalue weighted by molar-refractivity contribution is -0.221. The number of hydrogen-bond acceptors (Lipinski definition) is 9. The van der Waals surface area contributed by atoms with Crippen LogP contribution >= 0.6 is 0 Å². The average molecular weight is 659 g/mol. The number of aryl methyl sites for hydroxylation is 1. The number of carbonyl (C=O) groups is 3. The SMILES string of the molecule is Cc1cc(C(=O)NC[C@@H](O)[C@@H](O)[C@H]2CC[C@H](C)[C@](CCN3CCOC[C@@]34CCN(C(=O)OC(C)(C)C)C4)(C(=O)O)O2)cc2cc[nH]c12. The first-order valence-corrected chi connectivity index (χ1v) is 16.6. The smallest absolute Gasteiger partial charge is 0.410 e. The summed E-state index contributed by atoms with van der Waals surface area (Å²) in [5, 5.41) is 36.1. The molecule has 13 nitrogen and oxygen atoms in total. The summed E-state index contributed by atoms with van der Waals surface area (Å²) in [7, 11) is 0. The number of carboxylic acids is 1. The highest BCUT2D eigenvalue weighted by atomic mass is 16.6. The maximum absolute atomic E-state index is 12.9. The van der Waals surface area contributed by atoms with Gasteiger partial charge >= 0.3 is 12.1 Å². The van der Waals surface area contributed by atoms with Crippen LogP contribution in [-0.2, 0) is 19.0 Å². The Kier molecular flexibility index (Phi) is 10.2. The van der Waals surface area contributed by atoms with Crippen LogP contribution in [0.2, 0.25) is 0 Å². The van der Waals surface area contributed by atoms with Gasteiger partial charge in [0.05, 0.1) is 31.0 Å². The molecule has 0 bridgehead atoms. The molecule has 0 aliphatic carbocycles. The molecule has 0 saturated carbocycles. The number of aliphatic carboxylic acids is 1. The fraction of sp³-hybridized carbons (Fsp3) is 0.676. The molecule has 1 aromatic heterocycles. The van der Waals surface area contributed by atoms with Crippen molar-refractivity contribution < 1.29 is 43.9 Å². The maximum Gasteiger partial charge on any atom is 0.410 e. The Hall–Kier alpha value is -3.23. The molecule has 260 valence electrons. The molecule has 1 spiro atoms. The van der Waals surface area contributed by atoms with E-state index in [-0.39, 0.29) is 25.0 Å². The first kappa shape index (κ1) is 35.1. The summed E-state index contributed by atoms with van der Waals surface area (Å²) >= 11 is 0. The van der Waals surface area contributed by atoms with E-state index in [1.807, 2.05) is 40.7 Å². The van der Waals surface area contributed by atoms with Crippen molar-refractivity contribution in [2.45, 2.75) is 95.4 Å². The molecule has 3 saturated heterocycles. The monoisotopic (exact) mass is 658 g/mol. The Bertz CT molecular complexity index is 1460. The molecule has 5 N–H and O–H groups in total. The fourth-order valence-electron chi connectivity index (χ4n) is 7.29. The number of aromatic amines is 1. The van der Waals surface area contributed by atoms with Crippen molar-refractivity contribution in [2.24, 2.45) is 5.92 Å². The number of benzene rings is 1. The molecular formula is C34H50N4O9. The molecule has 2 aromatic rings. The lowest BCUT2D eigenvalue weighted by atomic mass is 9.77. The van der Waals surface area contributed by atoms with Crippen LogP contribution in [0.5, 0.6) is 0 Å². The van der Waals surface area contributed by atoms with E-state index in [4.69, 9.17) is 14.2 Å². The van der Waals surface area contributed by atoms with Gasteiger partial charge in [-0.25, -0.2) is 9.59 Å². The van der Waals surface area contributed by atoms with Crippen LogP contribution in [0.4, 0.5) is 4.79 Å². The number of rotatable bonds is 9. The predicted octanol–water partition coefficient (Wildman–Crippen LogP) is 2.67. The number of carbonyl (C=O) groups excluding carboxylic acids is 2. The normalized spacial score (nSPS) is 28.4. The second-order valence-corrected chi connectivity index (χ2v) is 14.5. The van der Waals surface area contributed by atoms with Crippen molar-refractivity contribution in [1.82, 2.24) is 20.1 Å². The minimum absolute atomic E-state index is 0.148. The number of aliphatic hydroxyl groups is 2. The van der Waals surface area contributed by atoms with Crippen molar-refractivity contribution in [3.8, 4) is 0 Å². The fourth-order valence-corrected chi connectivity index (χ4v) is 7.29. The van der Waals surface area contributed by atoms with Gasteiger partial charge in [0, 0.05) is 61.8 Å². The zero-order chi connectivity index (χ0) is 34.1. The number of fused-ring (bicyclic) bond motifs is 1. The van der Waals surface area contributed by atoms with Gasteiger partial charge in [0.2, 0.25) is 0 Å². The van der Waals surface area contributed by atoms with Gasteiger partial charge in [0.25, 0.3) is 5.91 Å². The van der Waals surface area contributed by atoms with E-state index >= 15 is 0 Å². The third-order valence-electron chi connectivity index (χ3n) is 10.1. The predicted molar refractivity (Wildman–Crippen MR) is 173 cm³/mol. The van der Waals surface area contributed by atoms with Crippen molar-refractivity contribution in [2.75, 3.05) is 45.9 Å². The number of morpholine rings is 1. The standard InChI is InChI=1S/C34H50N4O9/c1-21-16-24(17-23-8-11-35-27(21)23)29(41)36-18-25(39)28(40)26-7-6-22(2)34(46-26,30(42)43)10-13-38-14-15-45-20-33(38)9-12-37(19-33)31(44)47-32(3,4)5/h8,11,16-17,22,25-26,28,35,39-40H,6-7,9-10,12-15,18-20H2,1-5H3,(H,36,41)(H,42,43)/t22-,25+,26+,28+,33-,34+/m0/s1. The molecule has 2 amide bonds. The summed E-state index contributed by atoms with van der Waals surface area (Å²) in [4.78, 5) is 45.7. The summed E-state index contributed by atoms with van der Waals surface area (Å²) < 4.78 is 17.7. The number of aliphatic hydroxyl groups excluding tert-OH is 2. The highest BCUT2D eigenvalue weighted by molar-refractivity contribution is 5.99. The largest absolute Gasteiger partial charge is 0.479 e. The van der Waals surface area contributed by atoms with E-state index in [9.17, 15) is 29.7 Å². The molecule has 0 unspecified atom stereocenters. The van der Waals surface area contributed by atoms with Gasteiger partial charge in [-0.2, -0.15) is 0 Å². The Morgan fingerprint density at radius 1 is 1.19 bits per heavy atom. The molecule has 13 heteroatoms. The van der Waals surface area contributed by atoms with Gasteiger partial charge in [0.15, 0.2) is 5.60 Å². The number of hydrogen-bond donors (Lipinski definition) is 5. The number of nitrogens with zero attached hydrogens (tertiary/aromatic N) is 2. The first-order chi connectivity index (χ1) is 22.1. The van der Waals surface area contributed by atoms with Crippen LogP contribution in [0.1, 0.15) is 69.3 Å². The molecule has 3 aliphatic heterocycles. The number of H-pyrrole nitrogens is 1. The number of aromatic nitrogens is 1. The molecule has 3 aliphatic rings. The second-order valence-electron chi connectivity index (χ2n) is 14.5. The Labute approximate surface area is 275 Å². The minimum Gasteiger partial charge on any atom is -0.479 e. The van der Waals surface area contributed by atoms with Gasteiger partial charge in [-0.05, 0) is 76.6 Å². The van der Waals surface area contributed by atoms with Crippen molar-refractivity contribution >= 4 is 28.9 Å². The summed E-state index contributed by atoms with van der Waals surface area (Å²) in [5.41, 5.74) is -0.402. The lowest BCUT2D eigenvalue weighted by Crippen LogP contribution is -2.62. The Morgan fingerprint density at radius 2 is 1.96 bits per heavy atom. The van der Waals surface area contributed by atoms with Gasteiger partial charge in [0.1, 0.15) is 11.7 Å². The maximum atomic E-state index is 12.9. The minimum atomic E-state index is -1.60. The van der Waals surface area contributed by atoms with Gasteiger partial charge in [-0.15, -0.1) is 0 Å². The number of likely N-dealkylation sites (tertiary alicyclic amines) is 1. The van der Waals surface area contributed by atoms with E-state index in [1.54, 1.807) is 23.2 Å². The van der Waals surface area contributed by atoms with Crippen molar-refractivity contribution in [1.29, 1.82) is 0 Å². The van der Waals surface area contributed by atoms with E-state index < -0.39 is 46.9 Å².